The Balaban J connectivity index is 1.52. The van der Waals surface area contributed by atoms with Crippen LogP contribution in [-0.2, 0) is 11.2 Å². The number of esters is 1. The van der Waals surface area contributed by atoms with E-state index in [1.807, 2.05) is 19.1 Å². The van der Waals surface area contributed by atoms with Crippen LogP contribution >= 0.6 is 0 Å². The Bertz CT molecular complexity index is 1270. The lowest BCUT2D eigenvalue weighted by atomic mass is 9.93. The van der Waals surface area contributed by atoms with Crippen LogP contribution < -0.4 is 10.7 Å². The SMILES string of the molecule is COC(=O)c1ccc(NC(=O)c2oc3c(c2C)/C(=N/NC(=O)c2ccc(C)cc2)CCC3)cc1. The van der Waals surface area contributed by atoms with Crippen molar-refractivity contribution in [1.29, 1.82) is 0 Å². The molecule has 0 spiro atoms. The van der Waals surface area contributed by atoms with E-state index in [0.29, 0.717) is 46.7 Å². The van der Waals surface area contributed by atoms with Gasteiger partial charge in [0.2, 0.25) is 0 Å². The third-order valence-electron chi connectivity index (χ3n) is 5.70. The van der Waals surface area contributed by atoms with Gasteiger partial charge in [0.05, 0.1) is 18.4 Å². The molecule has 0 unspecified atom stereocenters. The second kappa shape index (κ2) is 9.74. The number of furan rings is 1. The second-order valence-electron chi connectivity index (χ2n) is 8.10. The highest BCUT2D eigenvalue weighted by Crippen LogP contribution is 2.30. The molecule has 1 heterocycles. The minimum Gasteiger partial charge on any atom is -0.465 e. The summed E-state index contributed by atoms with van der Waals surface area (Å²) in [5.74, 6) is -0.275. The van der Waals surface area contributed by atoms with Crippen molar-refractivity contribution in [2.75, 3.05) is 12.4 Å². The number of aryl methyl sites for hydroxylation is 2. The lowest BCUT2D eigenvalue weighted by molar-refractivity contribution is 0.0600. The van der Waals surface area contributed by atoms with Gasteiger partial charge in [-0.3, -0.25) is 9.59 Å². The summed E-state index contributed by atoms with van der Waals surface area (Å²) in [6.07, 6.45) is 2.15. The Kier molecular flexibility index (Phi) is 6.58. The number of carbonyl (C=O) groups is 3. The maximum absolute atomic E-state index is 12.9. The largest absolute Gasteiger partial charge is 0.465 e. The third-order valence-corrected chi connectivity index (χ3v) is 5.70. The number of methoxy groups -OCH3 is 1. The second-order valence-corrected chi connectivity index (χ2v) is 8.10. The lowest BCUT2D eigenvalue weighted by Gasteiger charge is -2.13. The molecule has 0 radical (unpaired) electrons. The summed E-state index contributed by atoms with van der Waals surface area (Å²) in [5, 5.41) is 7.15. The zero-order chi connectivity index (χ0) is 24.2. The maximum Gasteiger partial charge on any atom is 0.337 e. The summed E-state index contributed by atoms with van der Waals surface area (Å²) in [4.78, 5) is 37.0. The first kappa shape index (κ1) is 23.0. The summed E-state index contributed by atoms with van der Waals surface area (Å²) in [7, 11) is 1.31. The number of anilines is 1. The molecule has 3 aromatic rings. The van der Waals surface area contributed by atoms with Crippen LogP contribution in [0, 0.1) is 13.8 Å². The molecule has 0 aliphatic heterocycles. The number of carbonyl (C=O) groups excluding carboxylic acids is 3. The molecule has 1 aromatic heterocycles. The fraction of sp³-hybridized carbons (Fsp3) is 0.231. The molecule has 8 heteroatoms. The molecule has 8 nitrogen and oxygen atoms in total. The third kappa shape index (κ3) is 4.76. The fourth-order valence-electron chi connectivity index (χ4n) is 3.88. The van der Waals surface area contributed by atoms with Crippen LogP contribution in [0.4, 0.5) is 5.69 Å². The highest BCUT2D eigenvalue weighted by atomic mass is 16.5. The number of hydrogen-bond donors (Lipinski definition) is 2. The molecule has 1 aliphatic rings. The molecular weight excluding hydrogens is 434 g/mol. The average molecular weight is 460 g/mol. The summed E-state index contributed by atoms with van der Waals surface area (Å²) in [6, 6.07) is 13.6. The highest BCUT2D eigenvalue weighted by molar-refractivity contribution is 6.09. The van der Waals surface area contributed by atoms with Gasteiger partial charge in [-0.05, 0) is 63.1 Å². The smallest absolute Gasteiger partial charge is 0.337 e. The predicted octanol–water partition coefficient (Wildman–Crippen LogP) is 4.41. The number of hydrogen-bond acceptors (Lipinski definition) is 6. The zero-order valence-electron chi connectivity index (χ0n) is 19.2. The molecule has 2 aromatic carbocycles. The zero-order valence-corrected chi connectivity index (χ0v) is 19.2. The van der Waals surface area contributed by atoms with Gasteiger partial charge in [0.25, 0.3) is 11.8 Å². The minimum absolute atomic E-state index is 0.196. The van der Waals surface area contributed by atoms with Crippen LogP contribution in [0.1, 0.15) is 66.6 Å². The van der Waals surface area contributed by atoms with E-state index in [-0.39, 0.29) is 11.7 Å². The van der Waals surface area contributed by atoms with E-state index < -0.39 is 11.9 Å². The molecule has 4 rings (SSSR count). The lowest BCUT2D eigenvalue weighted by Crippen LogP contribution is -2.22. The molecule has 0 bridgehead atoms. The first-order valence-electron chi connectivity index (χ1n) is 10.9. The van der Waals surface area contributed by atoms with E-state index in [4.69, 9.17) is 4.42 Å². The van der Waals surface area contributed by atoms with Gasteiger partial charge in [-0.15, -0.1) is 0 Å². The monoisotopic (exact) mass is 459 g/mol. The first-order valence-corrected chi connectivity index (χ1v) is 10.9. The van der Waals surface area contributed by atoms with Crippen LogP contribution in [0.2, 0.25) is 0 Å². The predicted molar refractivity (Wildman–Crippen MR) is 127 cm³/mol. The minimum atomic E-state index is -0.450. The van der Waals surface area contributed by atoms with Crippen molar-refractivity contribution in [1.82, 2.24) is 5.43 Å². The molecular formula is C26H25N3O5. The Morgan fingerprint density at radius 3 is 2.26 bits per heavy atom. The molecule has 34 heavy (non-hydrogen) atoms. The Morgan fingerprint density at radius 1 is 0.912 bits per heavy atom. The van der Waals surface area contributed by atoms with Crippen molar-refractivity contribution in [3.05, 3.63) is 87.9 Å². The van der Waals surface area contributed by atoms with Crippen molar-refractivity contribution >= 4 is 29.2 Å². The summed E-state index contributed by atoms with van der Waals surface area (Å²) < 4.78 is 10.6. The fourth-order valence-corrected chi connectivity index (χ4v) is 3.88. The van der Waals surface area contributed by atoms with E-state index in [1.165, 1.54) is 7.11 Å². The number of benzene rings is 2. The molecule has 2 amide bonds. The van der Waals surface area contributed by atoms with E-state index >= 15 is 0 Å². The van der Waals surface area contributed by atoms with Crippen LogP contribution in [0.3, 0.4) is 0 Å². The van der Waals surface area contributed by atoms with E-state index in [2.05, 4.69) is 20.6 Å². The van der Waals surface area contributed by atoms with Gasteiger partial charge < -0.3 is 14.5 Å². The van der Waals surface area contributed by atoms with Crippen LogP contribution in [0.5, 0.6) is 0 Å². The van der Waals surface area contributed by atoms with Gasteiger partial charge in [0, 0.05) is 28.8 Å². The number of amides is 2. The number of ether oxygens (including phenoxy) is 1. The number of hydrazone groups is 1. The van der Waals surface area contributed by atoms with Crippen molar-refractivity contribution in [3.63, 3.8) is 0 Å². The Hall–Kier alpha value is -4.20. The van der Waals surface area contributed by atoms with Gasteiger partial charge in [-0.25, -0.2) is 10.2 Å². The summed E-state index contributed by atoms with van der Waals surface area (Å²) in [6.45, 7) is 3.76. The molecule has 2 N–H and O–H groups in total. The van der Waals surface area contributed by atoms with Crippen molar-refractivity contribution in [3.8, 4) is 0 Å². The highest BCUT2D eigenvalue weighted by Gasteiger charge is 2.28. The van der Waals surface area contributed by atoms with Gasteiger partial charge in [0.1, 0.15) is 5.76 Å². The number of rotatable bonds is 5. The number of nitrogens with zero attached hydrogens (tertiary/aromatic N) is 1. The Labute approximate surface area is 197 Å². The molecule has 0 saturated heterocycles. The van der Waals surface area contributed by atoms with Crippen LogP contribution in [0.15, 0.2) is 58.0 Å². The standard InChI is InChI=1S/C26H25N3O5/c1-15-7-9-17(10-8-15)24(30)29-28-20-5-4-6-21-22(20)16(2)23(34-21)25(31)27-19-13-11-18(12-14-19)26(32)33-3/h7-14H,4-6H2,1-3H3,(H,27,31)(H,29,30)/b28-20+. The van der Waals surface area contributed by atoms with Crippen LogP contribution in [-0.4, -0.2) is 30.6 Å². The molecule has 0 atom stereocenters. The normalized spacial score (nSPS) is 13.8. The average Bonchev–Trinajstić information content (AvgIpc) is 3.20. The topological polar surface area (TPSA) is 110 Å². The summed E-state index contributed by atoms with van der Waals surface area (Å²) in [5.41, 5.74) is 7.24. The molecule has 0 saturated carbocycles. The quantitative estimate of drug-likeness (QED) is 0.434. The number of nitrogens with one attached hydrogen (secondary N) is 2. The maximum atomic E-state index is 12.9. The Morgan fingerprint density at radius 2 is 1.59 bits per heavy atom. The van der Waals surface area contributed by atoms with Gasteiger partial charge in [-0.2, -0.15) is 5.10 Å². The molecule has 0 fully saturated rings. The van der Waals surface area contributed by atoms with E-state index in [1.54, 1.807) is 43.3 Å². The van der Waals surface area contributed by atoms with E-state index in [9.17, 15) is 14.4 Å². The van der Waals surface area contributed by atoms with Crippen LogP contribution in [0.25, 0.3) is 0 Å². The van der Waals surface area contributed by atoms with Crippen molar-refractivity contribution < 1.29 is 23.5 Å². The van der Waals surface area contributed by atoms with Crippen molar-refractivity contribution in [2.24, 2.45) is 5.10 Å². The first-order chi connectivity index (χ1) is 16.4. The van der Waals surface area contributed by atoms with E-state index in [0.717, 1.165) is 17.5 Å². The number of fused-ring (bicyclic) bond motifs is 1. The molecule has 174 valence electrons. The van der Waals surface area contributed by atoms with Gasteiger partial charge >= 0.3 is 5.97 Å². The van der Waals surface area contributed by atoms with Crippen molar-refractivity contribution in [2.45, 2.75) is 33.1 Å². The van der Waals surface area contributed by atoms with Gasteiger partial charge in [-0.1, -0.05) is 17.7 Å². The van der Waals surface area contributed by atoms with Gasteiger partial charge in [0.15, 0.2) is 5.76 Å². The summed E-state index contributed by atoms with van der Waals surface area (Å²) >= 11 is 0. The molecule has 1 aliphatic carbocycles.